The van der Waals surface area contributed by atoms with Crippen molar-refractivity contribution in [2.45, 2.75) is 13.5 Å². The van der Waals surface area contributed by atoms with Crippen LogP contribution in [0.4, 0.5) is 5.82 Å². The Kier molecular flexibility index (Phi) is 3.78. The smallest absolute Gasteiger partial charge is 0.224 e. The standard InChI is InChI=1S/C10H9BrClN3S/c1-6-4-16-5-7(6)2-13-9-8(11)3-14-10(12)15-9/h3-5H,2H2,1H3,(H,13,14,15). The molecular formula is C10H9BrClN3S. The molecule has 0 aromatic carbocycles. The number of hydrogen-bond acceptors (Lipinski definition) is 4. The Morgan fingerprint density at radius 1 is 1.50 bits per heavy atom. The highest BCUT2D eigenvalue weighted by Gasteiger charge is 2.04. The van der Waals surface area contributed by atoms with Crippen molar-refractivity contribution in [1.29, 1.82) is 0 Å². The predicted molar refractivity (Wildman–Crippen MR) is 71.1 cm³/mol. The van der Waals surface area contributed by atoms with Crippen LogP contribution in [-0.2, 0) is 6.54 Å². The minimum absolute atomic E-state index is 0.243. The van der Waals surface area contributed by atoms with E-state index in [0.29, 0.717) is 5.82 Å². The zero-order valence-electron chi connectivity index (χ0n) is 8.50. The van der Waals surface area contributed by atoms with E-state index in [9.17, 15) is 0 Å². The zero-order chi connectivity index (χ0) is 11.5. The van der Waals surface area contributed by atoms with Gasteiger partial charge in [-0.25, -0.2) is 4.98 Å². The van der Waals surface area contributed by atoms with E-state index in [2.05, 4.69) is 48.9 Å². The third-order valence-electron chi connectivity index (χ3n) is 2.12. The van der Waals surface area contributed by atoms with E-state index < -0.39 is 0 Å². The lowest BCUT2D eigenvalue weighted by atomic mass is 10.2. The van der Waals surface area contributed by atoms with Gasteiger partial charge >= 0.3 is 0 Å². The Bertz CT molecular complexity index is 501. The number of aryl methyl sites for hydroxylation is 1. The molecule has 0 spiro atoms. The lowest BCUT2D eigenvalue weighted by molar-refractivity contribution is 1.07. The number of hydrogen-bond donors (Lipinski definition) is 1. The molecule has 84 valence electrons. The van der Waals surface area contributed by atoms with Crippen molar-refractivity contribution < 1.29 is 0 Å². The van der Waals surface area contributed by atoms with E-state index in [0.717, 1.165) is 11.0 Å². The fourth-order valence-corrected chi connectivity index (χ4v) is 2.54. The van der Waals surface area contributed by atoms with Gasteiger partial charge in [-0.2, -0.15) is 16.3 Å². The fourth-order valence-electron chi connectivity index (χ4n) is 1.22. The van der Waals surface area contributed by atoms with Crippen molar-refractivity contribution in [2.75, 3.05) is 5.32 Å². The molecule has 3 nitrogen and oxygen atoms in total. The van der Waals surface area contributed by atoms with Gasteiger partial charge in [-0.1, -0.05) is 0 Å². The van der Waals surface area contributed by atoms with E-state index in [4.69, 9.17) is 11.6 Å². The van der Waals surface area contributed by atoms with Crippen LogP contribution in [0.5, 0.6) is 0 Å². The Morgan fingerprint density at radius 2 is 2.31 bits per heavy atom. The molecule has 0 saturated carbocycles. The molecule has 2 heterocycles. The highest BCUT2D eigenvalue weighted by Crippen LogP contribution is 2.22. The third kappa shape index (κ3) is 2.72. The van der Waals surface area contributed by atoms with Crippen molar-refractivity contribution in [3.05, 3.63) is 37.8 Å². The molecule has 0 aliphatic heterocycles. The van der Waals surface area contributed by atoms with Crippen LogP contribution in [0.15, 0.2) is 21.4 Å². The molecule has 0 aliphatic carbocycles. The number of thiophene rings is 1. The quantitative estimate of drug-likeness (QED) is 0.873. The van der Waals surface area contributed by atoms with E-state index >= 15 is 0 Å². The molecule has 0 radical (unpaired) electrons. The molecule has 16 heavy (non-hydrogen) atoms. The molecule has 2 aromatic rings. The first-order chi connectivity index (χ1) is 7.66. The zero-order valence-corrected chi connectivity index (χ0v) is 11.7. The summed E-state index contributed by atoms with van der Waals surface area (Å²) in [6.07, 6.45) is 1.64. The molecular weight excluding hydrogens is 310 g/mol. The maximum absolute atomic E-state index is 5.73. The lowest BCUT2D eigenvalue weighted by Crippen LogP contribution is -2.03. The number of anilines is 1. The summed E-state index contributed by atoms with van der Waals surface area (Å²) in [7, 11) is 0. The monoisotopic (exact) mass is 317 g/mol. The summed E-state index contributed by atoms with van der Waals surface area (Å²) < 4.78 is 0.810. The Balaban J connectivity index is 2.10. The molecule has 1 N–H and O–H groups in total. The Hall–Kier alpha value is -0.650. The van der Waals surface area contributed by atoms with E-state index in [1.807, 2.05) is 0 Å². The van der Waals surface area contributed by atoms with Gasteiger partial charge in [0.2, 0.25) is 5.28 Å². The summed E-state index contributed by atoms with van der Waals surface area (Å²) in [5.74, 6) is 0.714. The van der Waals surface area contributed by atoms with Crippen LogP contribution in [0.2, 0.25) is 5.28 Å². The predicted octanol–water partition coefficient (Wildman–Crippen LogP) is 3.87. The number of rotatable bonds is 3. The highest BCUT2D eigenvalue weighted by molar-refractivity contribution is 9.10. The summed E-state index contributed by atoms with van der Waals surface area (Å²) in [5.41, 5.74) is 2.56. The van der Waals surface area contributed by atoms with E-state index in [1.54, 1.807) is 17.5 Å². The van der Waals surface area contributed by atoms with E-state index in [1.165, 1.54) is 11.1 Å². The first kappa shape index (κ1) is 11.8. The summed E-state index contributed by atoms with van der Waals surface area (Å²) >= 11 is 10.8. The molecule has 0 unspecified atom stereocenters. The van der Waals surface area contributed by atoms with Crippen LogP contribution >= 0.6 is 38.9 Å². The summed E-state index contributed by atoms with van der Waals surface area (Å²) in [5, 5.41) is 7.71. The van der Waals surface area contributed by atoms with Gasteiger partial charge in [0.1, 0.15) is 5.82 Å². The summed E-state index contributed by atoms with van der Waals surface area (Å²) in [6.45, 7) is 2.83. The molecule has 0 fully saturated rings. The van der Waals surface area contributed by atoms with Crippen LogP contribution in [0, 0.1) is 6.92 Å². The summed E-state index contributed by atoms with van der Waals surface area (Å²) in [6, 6.07) is 0. The lowest BCUT2D eigenvalue weighted by Gasteiger charge is -2.06. The molecule has 0 amide bonds. The Labute approximate surface area is 111 Å². The van der Waals surface area contributed by atoms with Crippen molar-refractivity contribution in [3.63, 3.8) is 0 Å². The minimum Gasteiger partial charge on any atom is -0.365 e. The number of nitrogens with one attached hydrogen (secondary N) is 1. The fraction of sp³-hybridized carbons (Fsp3) is 0.200. The number of halogens is 2. The van der Waals surface area contributed by atoms with E-state index in [-0.39, 0.29) is 5.28 Å². The molecule has 0 bridgehead atoms. The van der Waals surface area contributed by atoms with Gasteiger partial charge in [0, 0.05) is 12.7 Å². The van der Waals surface area contributed by atoms with Crippen molar-refractivity contribution >= 4 is 44.7 Å². The molecule has 6 heteroatoms. The van der Waals surface area contributed by atoms with Crippen LogP contribution in [-0.4, -0.2) is 9.97 Å². The van der Waals surface area contributed by atoms with Gasteiger partial charge in [-0.3, -0.25) is 0 Å². The first-order valence-corrected chi connectivity index (χ1v) is 6.72. The molecule has 2 rings (SSSR count). The van der Waals surface area contributed by atoms with Gasteiger partial charge in [-0.05, 0) is 56.3 Å². The number of aromatic nitrogens is 2. The van der Waals surface area contributed by atoms with Crippen molar-refractivity contribution in [3.8, 4) is 0 Å². The number of nitrogens with zero attached hydrogens (tertiary/aromatic N) is 2. The third-order valence-corrected chi connectivity index (χ3v) is 3.80. The van der Waals surface area contributed by atoms with Crippen LogP contribution in [0.1, 0.15) is 11.1 Å². The largest absolute Gasteiger partial charge is 0.365 e. The van der Waals surface area contributed by atoms with Crippen molar-refractivity contribution in [1.82, 2.24) is 9.97 Å². The van der Waals surface area contributed by atoms with Crippen LogP contribution in [0.25, 0.3) is 0 Å². The molecule has 0 aliphatic rings. The van der Waals surface area contributed by atoms with Gasteiger partial charge in [0.15, 0.2) is 0 Å². The minimum atomic E-state index is 0.243. The maximum atomic E-state index is 5.73. The normalized spacial score (nSPS) is 10.4. The summed E-state index contributed by atoms with van der Waals surface area (Å²) in [4.78, 5) is 7.97. The second-order valence-corrected chi connectivity index (χ2v) is 5.21. The second-order valence-electron chi connectivity index (χ2n) is 3.27. The first-order valence-electron chi connectivity index (χ1n) is 4.60. The molecule has 2 aromatic heterocycles. The van der Waals surface area contributed by atoms with Gasteiger partial charge in [-0.15, -0.1) is 0 Å². The van der Waals surface area contributed by atoms with Gasteiger partial charge in [0.05, 0.1) is 4.47 Å². The molecule has 0 saturated heterocycles. The van der Waals surface area contributed by atoms with Crippen molar-refractivity contribution in [2.24, 2.45) is 0 Å². The van der Waals surface area contributed by atoms with Crippen LogP contribution in [0.3, 0.4) is 0 Å². The average molecular weight is 319 g/mol. The second kappa shape index (κ2) is 5.12. The maximum Gasteiger partial charge on any atom is 0.224 e. The topological polar surface area (TPSA) is 37.8 Å². The van der Waals surface area contributed by atoms with Gasteiger partial charge < -0.3 is 5.32 Å². The molecule has 0 atom stereocenters. The van der Waals surface area contributed by atoms with Gasteiger partial charge in [0.25, 0.3) is 0 Å². The average Bonchev–Trinajstić information content (AvgIpc) is 2.66. The SMILES string of the molecule is Cc1cscc1CNc1nc(Cl)ncc1Br. The highest BCUT2D eigenvalue weighted by atomic mass is 79.9. The van der Waals surface area contributed by atoms with Crippen LogP contribution < -0.4 is 5.32 Å². The Morgan fingerprint density at radius 3 is 3.00 bits per heavy atom.